The fourth-order valence-corrected chi connectivity index (χ4v) is 8.84. The third kappa shape index (κ3) is 10.6. The van der Waals surface area contributed by atoms with E-state index < -0.39 is 20.8 Å². The first-order valence-electron chi connectivity index (χ1n) is 18.1. The second-order valence-electron chi connectivity index (χ2n) is 13.0. The Morgan fingerprint density at radius 3 is 1.39 bits per heavy atom. The molecule has 0 unspecified atom stereocenters. The van der Waals surface area contributed by atoms with Gasteiger partial charge in [-0.15, -0.1) is 0 Å². The van der Waals surface area contributed by atoms with Gasteiger partial charge < -0.3 is 28.7 Å². The number of quaternary nitrogens is 2. The molecule has 15 heteroatoms. The Hall–Kier alpha value is -2.92. The number of carbonyl (C=O) groups is 2. The highest BCUT2D eigenvalue weighted by molar-refractivity contribution is 7.94. The summed E-state index contributed by atoms with van der Waals surface area (Å²) in [5.74, 6) is -0.134. The molecule has 0 aliphatic heterocycles. The Labute approximate surface area is 305 Å². The summed E-state index contributed by atoms with van der Waals surface area (Å²) in [5.41, 5.74) is 3.74. The van der Waals surface area contributed by atoms with Crippen LogP contribution in [0.15, 0.2) is 36.4 Å². The van der Waals surface area contributed by atoms with Gasteiger partial charge >= 0.3 is 0 Å². The maximum Gasteiger partial charge on any atom is 0.231 e. The van der Waals surface area contributed by atoms with Crippen molar-refractivity contribution in [2.75, 3.05) is 69.5 Å². The van der Waals surface area contributed by atoms with E-state index in [1.807, 2.05) is 24.3 Å². The molecule has 0 spiro atoms. The lowest BCUT2D eigenvalue weighted by Gasteiger charge is -2.52. The molecule has 2 N–H and O–H groups in total. The molecule has 0 atom stereocenters. The monoisotopic (exact) mass is 754 g/mol. The van der Waals surface area contributed by atoms with E-state index in [0.29, 0.717) is 22.3 Å². The second-order valence-corrected chi connectivity index (χ2v) is 15.2. The maximum atomic E-state index is 13.9. The maximum absolute atomic E-state index is 13.9. The van der Waals surface area contributed by atoms with E-state index in [2.05, 4.69) is 69.7 Å². The fraction of sp³-hybridized carbons (Fsp3) is 0.611. The summed E-state index contributed by atoms with van der Waals surface area (Å²) in [6.07, 6.45) is 4.24. The summed E-state index contributed by atoms with van der Waals surface area (Å²) in [5, 5.41) is 7.20. The minimum atomic E-state index is -5.43. The molecular formula is C36H58N4O9S2. The normalized spacial score (nSPS) is 13.6. The molecule has 51 heavy (non-hydrogen) atoms. The fourth-order valence-electron chi connectivity index (χ4n) is 8.02. The highest BCUT2D eigenvalue weighted by Gasteiger charge is 2.45. The van der Waals surface area contributed by atoms with Crippen LogP contribution in [-0.2, 0) is 24.4 Å². The van der Waals surface area contributed by atoms with Crippen LogP contribution >= 0.6 is 0 Å². The van der Waals surface area contributed by atoms with Crippen LogP contribution < -0.4 is 10.6 Å². The van der Waals surface area contributed by atoms with Crippen LogP contribution in [-0.4, -0.2) is 111 Å². The van der Waals surface area contributed by atoms with E-state index in [9.17, 15) is 35.5 Å². The number of hydrogen-bond donors (Lipinski definition) is 2. The Balaban J connectivity index is 0.000000880. The summed E-state index contributed by atoms with van der Waals surface area (Å²) in [4.78, 5) is 27.9. The zero-order valence-corrected chi connectivity index (χ0v) is 33.2. The number of nitrogens with zero attached hydrogens (tertiary/aromatic N) is 2. The van der Waals surface area contributed by atoms with Crippen LogP contribution in [0.4, 0.5) is 11.4 Å². The van der Waals surface area contributed by atoms with Crippen molar-refractivity contribution in [2.24, 2.45) is 0 Å². The van der Waals surface area contributed by atoms with Crippen molar-refractivity contribution in [3.8, 4) is 0 Å². The highest BCUT2D eigenvalue weighted by atomic mass is 32.3. The largest absolute Gasteiger partial charge is 0.725 e. The lowest BCUT2D eigenvalue weighted by Crippen LogP contribution is -2.64. The van der Waals surface area contributed by atoms with Gasteiger partial charge in [0, 0.05) is 48.4 Å². The number of carbonyl (C=O) groups excluding carboxylic acids is 2. The predicted octanol–water partition coefficient (Wildman–Crippen LogP) is 5.30. The molecule has 0 heterocycles. The Bertz CT molecular complexity index is 1650. The van der Waals surface area contributed by atoms with Gasteiger partial charge in [0.1, 0.15) is 5.54 Å². The van der Waals surface area contributed by atoms with E-state index in [1.54, 1.807) is 12.1 Å². The van der Waals surface area contributed by atoms with Gasteiger partial charge in [-0.05, 0) is 66.5 Å². The van der Waals surface area contributed by atoms with Gasteiger partial charge in [0.15, 0.2) is 11.6 Å². The molecule has 0 saturated carbocycles. The highest BCUT2D eigenvalue weighted by Crippen LogP contribution is 2.38. The first-order valence-corrected chi connectivity index (χ1v) is 20.8. The quantitative estimate of drug-likeness (QED) is 0.0661. The summed E-state index contributed by atoms with van der Waals surface area (Å²) < 4.78 is 60.4. The molecule has 0 aromatic heterocycles. The van der Waals surface area contributed by atoms with Crippen molar-refractivity contribution in [3.63, 3.8) is 0 Å². The first-order chi connectivity index (χ1) is 23.9. The summed E-state index contributed by atoms with van der Waals surface area (Å²) in [6.45, 7) is 27.7. The smallest absolute Gasteiger partial charge is 0.231 e. The van der Waals surface area contributed by atoms with Crippen LogP contribution in [0.2, 0.25) is 0 Å². The molecule has 2 aromatic carbocycles. The van der Waals surface area contributed by atoms with Crippen LogP contribution in [0.3, 0.4) is 0 Å². The average molecular weight is 755 g/mol. The molecule has 0 saturated heterocycles. The molecule has 0 radical (unpaired) electrons. The topological polar surface area (TPSA) is 182 Å². The third-order valence-corrected chi connectivity index (χ3v) is 12.8. The Kier molecular flexibility index (Phi) is 16.2. The number of hydrogen-bond acceptors (Lipinski definition) is 11. The van der Waals surface area contributed by atoms with Crippen molar-refractivity contribution >= 4 is 43.7 Å². The van der Waals surface area contributed by atoms with Gasteiger partial charge in [-0.3, -0.25) is 9.59 Å². The third-order valence-electron chi connectivity index (χ3n) is 11.4. The van der Waals surface area contributed by atoms with Gasteiger partial charge in [0.05, 0.1) is 56.9 Å². The molecule has 3 rings (SSSR count). The number of fused-ring (bicyclic) bond motifs is 2. The predicted molar refractivity (Wildman–Crippen MR) is 198 cm³/mol. The van der Waals surface area contributed by atoms with Gasteiger partial charge in [-0.25, -0.2) is 16.8 Å². The lowest BCUT2D eigenvalue weighted by atomic mass is 9.81. The zero-order chi connectivity index (χ0) is 38.7. The molecule has 0 bridgehead atoms. The van der Waals surface area contributed by atoms with Crippen molar-refractivity contribution in [2.45, 2.75) is 86.6 Å². The van der Waals surface area contributed by atoms with Crippen LogP contribution in [0.25, 0.3) is 0 Å². The molecule has 1 aliphatic carbocycles. The van der Waals surface area contributed by atoms with E-state index >= 15 is 0 Å². The SMILES string of the molecule is CCC(CC)(CCNc1ccc(NCCC[N+](CC)(CC)CC)c2c1C(=O)c1ccccc1C2=O)[N+](CC)(CC)CC.O=S(=O)([O-])OS(=O)(=O)[O-]. The minimum Gasteiger partial charge on any atom is -0.725 e. The second kappa shape index (κ2) is 18.7. The molecular weight excluding hydrogens is 697 g/mol. The van der Waals surface area contributed by atoms with Crippen molar-refractivity contribution in [3.05, 3.63) is 58.7 Å². The van der Waals surface area contributed by atoms with Gasteiger partial charge in [-0.2, -0.15) is 3.63 Å². The molecule has 13 nitrogen and oxygen atoms in total. The minimum absolute atomic E-state index is 0.0666. The summed E-state index contributed by atoms with van der Waals surface area (Å²) in [6, 6.07) is 11.3. The lowest BCUT2D eigenvalue weighted by molar-refractivity contribution is -0.973. The van der Waals surface area contributed by atoms with Crippen molar-refractivity contribution < 1.29 is 48.1 Å². The number of rotatable bonds is 20. The van der Waals surface area contributed by atoms with Crippen molar-refractivity contribution in [1.29, 1.82) is 0 Å². The number of benzene rings is 2. The van der Waals surface area contributed by atoms with E-state index in [-0.39, 0.29) is 17.1 Å². The molecule has 0 fully saturated rings. The first kappa shape index (κ1) is 44.2. The number of ketones is 2. The molecule has 288 valence electrons. The Morgan fingerprint density at radius 2 is 1.06 bits per heavy atom. The molecule has 2 aromatic rings. The van der Waals surface area contributed by atoms with E-state index in [4.69, 9.17) is 0 Å². The van der Waals surface area contributed by atoms with Gasteiger partial charge in [0.2, 0.25) is 20.8 Å². The standard InChI is InChI=1S/C36H56N4O2.H2O7S2/c1-9-36(10-2,40(14-6,15-7)16-8)24-26-38-31-23-22-30(37-25-19-27-39(11-3,12-4)13-5)32-33(31)35(42)29-21-18-17-20-28(29)34(32)41;1-8(2,3)7-9(4,5)6/h17-18,20-23H,9-16,19,24-27H2,1-8H3;(H,1,2,3)(H,4,5,6). The number of anilines is 2. The molecule has 0 amide bonds. The van der Waals surface area contributed by atoms with E-state index in [1.165, 1.54) is 0 Å². The van der Waals surface area contributed by atoms with Gasteiger partial charge in [-0.1, -0.05) is 38.1 Å². The zero-order valence-electron chi connectivity index (χ0n) is 31.5. The van der Waals surface area contributed by atoms with E-state index in [0.717, 1.165) is 105 Å². The van der Waals surface area contributed by atoms with Crippen molar-refractivity contribution in [1.82, 2.24) is 0 Å². The van der Waals surface area contributed by atoms with Gasteiger partial charge in [0.25, 0.3) is 0 Å². The Morgan fingerprint density at radius 1 is 0.647 bits per heavy atom. The summed E-state index contributed by atoms with van der Waals surface area (Å²) >= 11 is 0. The average Bonchev–Trinajstić information content (AvgIpc) is 3.10. The molecule has 1 aliphatic rings. The summed E-state index contributed by atoms with van der Waals surface area (Å²) in [7, 11) is -10.9. The van der Waals surface area contributed by atoms with Crippen LogP contribution in [0.5, 0.6) is 0 Å². The van der Waals surface area contributed by atoms with Crippen LogP contribution in [0, 0.1) is 0 Å². The van der Waals surface area contributed by atoms with Crippen LogP contribution in [0.1, 0.15) is 113 Å². The number of nitrogens with one attached hydrogen (secondary N) is 2.